The van der Waals surface area contributed by atoms with Gasteiger partial charge in [0.05, 0.1) is 18.1 Å². The zero-order chi connectivity index (χ0) is 21.7. The first-order chi connectivity index (χ1) is 14.4. The Bertz CT molecular complexity index is 985. The summed E-state index contributed by atoms with van der Waals surface area (Å²) in [5, 5.41) is 2.58. The molecule has 30 heavy (non-hydrogen) atoms. The van der Waals surface area contributed by atoms with Gasteiger partial charge in [0.2, 0.25) is 10.0 Å². The molecule has 2 aromatic carbocycles. The van der Waals surface area contributed by atoms with E-state index < -0.39 is 10.0 Å². The number of amides is 1. The molecule has 0 radical (unpaired) electrons. The maximum atomic E-state index is 13.4. The predicted octanol–water partition coefficient (Wildman–Crippen LogP) is 3.20. The van der Waals surface area contributed by atoms with Crippen molar-refractivity contribution in [1.82, 2.24) is 9.62 Å². The third kappa shape index (κ3) is 4.94. The summed E-state index contributed by atoms with van der Waals surface area (Å²) < 4.78 is 39.5. The van der Waals surface area contributed by atoms with Crippen molar-refractivity contribution < 1.29 is 22.7 Å². The van der Waals surface area contributed by atoms with E-state index in [0.717, 1.165) is 18.4 Å². The lowest BCUT2D eigenvalue weighted by molar-refractivity contribution is 0.0963. The molecule has 1 saturated carbocycles. The first-order valence-electron chi connectivity index (χ1n) is 10.1. The van der Waals surface area contributed by atoms with E-state index in [1.165, 1.54) is 10.4 Å². The summed E-state index contributed by atoms with van der Waals surface area (Å²) in [6, 6.07) is 11.7. The SMILES string of the molecule is CCOc1ccc(S(=O)(=O)N(Cc2ccc(C(=O)NC)cc2)C2CC2)cc1OCC. The van der Waals surface area contributed by atoms with Crippen molar-refractivity contribution in [2.75, 3.05) is 20.3 Å². The van der Waals surface area contributed by atoms with E-state index in [-0.39, 0.29) is 23.4 Å². The number of hydrogen-bond donors (Lipinski definition) is 1. The van der Waals surface area contributed by atoms with Crippen LogP contribution in [0.5, 0.6) is 11.5 Å². The highest BCUT2D eigenvalue weighted by Crippen LogP contribution is 2.36. The number of carbonyl (C=O) groups is 1. The summed E-state index contributed by atoms with van der Waals surface area (Å²) in [6.07, 6.45) is 1.68. The van der Waals surface area contributed by atoms with E-state index in [9.17, 15) is 13.2 Å². The van der Waals surface area contributed by atoms with Crippen LogP contribution in [0.25, 0.3) is 0 Å². The van der Waals surface area contributed by atoms with Gasteiger partial charge in [-0.2, -0.15) is 4.31 Å². The second-order valence-electron chi connectivity index (χ2n) is 7.03. The van der Waals surface area contributed by atoms with Gasteiger partial charge >= 0.3 is 0 Å². The second kappa shape index (κ2) is 9.49. The minimum Gasteiger partial charge on any atom is -0.490 e. The van der Waals surface area contributed by atoms with Crippen molar-refractivity contribution in [3.8, 4) is 11.5 Å². The Balaban J connectivity index is 1.88. The van der Waals surface area contributed by atoms with Gasteiger partial charge in [0, 0.05) is 31.3 Å². The molecule has 162 valence electrons. The van der Waals surface area contributed by atoms with Gasteiger partial charge in [0.15, 0.2) is 11.5 Å². The average molecular weight is 433 g/mol. The lowest BCUT2D eigenvalue weighted by Gasteiger charge is -2.23. The highest BCUT2D eigenvalue weighted by atomic mass is 32.2. The normalized spacial score (nSPS) is 13.9. The highest BCUT2D eigenvalue weighted by molar-refractivity contribution is 7.89. The zero-order valence-corrected chi connectivity index (χ0v) is 18.4. The second-order valence-corrected chi connectivity index (χ2v) is 8.92. The highest BCUT2D eigenvalue weighted by Gasteiger charge is 2.38. The molecule has 3 rings (SSSR count). The minimum absolute atomic E-state index is 0.0178. The van der Waals surface area contributed by atoms with Crippen LogP contribution in [-0.4, -0.2) is 44.9 Å². The Hall–Kier alpha value is -2.58. The molecule has 0 bridgehead atoms. The quantitative estimate of drug-likeness (QED) is 0.623. The number of ether oxygens (including phenoxy) is 2. The molecule has 0 heterocycles. The first-order valence-corrected chi connectivity index (χ1v) is 11.6. The standard InChI is InChI=1S/C22H28N2O5S/c1-4-28-20-13-12-19(14-21(20)29-5-2)30(26,27)24(18-10-11-18)15-16-6-8-17(9-7-16)22(25)23-3/h6-9,12-14,18H,4-5,10-11,15H2,1-3H3,(H,23,25). The molecule has 2 aromatic rings. The summed E-state index contributed by atoms with van der Waals surface area (Å²) in [6.45, 7) is 4.83. The number of nitrogens with zero attached hydrogens (tertiary/aromatic N) is 1. The van der Waals surface area contributed by atoms with Gasteiger partial charge in [0.1, 0.15) is 0 Å². The van der Waals surface area contributed by atoms with Crippen LogP contribution in [0, 0.1) is 0 Å². The molecular weight excluding hydrogens is 404 g/mol. The monoisotopic (exact) mass is 432 g/mol. The zero-order valence-electron chi connectivity index (χ0n) is 17.6. The summed E-state index contributed by atoms with van der Waals surface area (Å²) in [4.78, 5) is 11.9. The smallest absolute Gasteiger partial charge is 0.251 e. The third-order valence-electron chi connectivity index (χ3n) is 4.86. The topological polar surface area (TPSA) is 84.9 Å². The van der Waals surface area contributed by atoms with Crippen LogP contribution in [0.2, 0.25) is 0 Å². The molecule has 0 spiro atoms. The molecule has 1 fully saturated rings. The van der Waals surface area contributed by atoms with E-state index in [0.29, 0.717) is 30.3 Å². The van der Waals surface area contributed by atoms with Crippen LogP contribution in [-0.2, 0) is 16.6 Å². The molecule has 0 aromatic heterocycles. The fourth-order valence-corrected chi connectivity index (χ4v) is 4.88. The van der Waals surface area contributed by atoms with Crippen LogP contribution >= 0.6 is 0 Å². The third-order valence-corrected chi connectivity index (χ3v) is 6.75. The van der Waals surface area contributed by atoms with E-state index in [4.69, 9.17) is 9.47 Å². The van der Waals surface area contributed by atoms with Crippen molar-refractivity contribution in [3.63, 3.8) is 0 Å². The van der Waals surface area contributed by atoms with Crippen LogP contribution in [0.3, 0.4) is 0 Å². The van der Waals surface area contributed by atoms with E-state index in [1.807, 2.05) is 13.8 Å². The summed E-state index contributed by atoms with van der Waals surface area (Å²) >= 11 is 0. The van der Waals surface area contributed by atoms with Crippen LogP contribution in [0.15, 0.2) is 47.4 Å². The Labute approximate surface area is 178 Å². The van der Waals surface area contributed by atoms with Crippen molar-refractivity contribution in [2.24, 2.45) is 0 Å². The van der Waals surface area contributed by atoms with Crippen molar-refractivity contribution in [1.29, 1.82) is 0 Å². The lowest BCUT2D eigenvalue weighted by atomic mass is 10.1. The molecule has 0 aliphatic heterocycles. The Morgan fingerprint density at radius 3 is 2.23 bits per heavy atom. The van der Waals surface area contributed by atoms with Gasteiger partial charge in [-0.1, -0.05) is 12.1 Å². The van der Waals surface area contributed by atoms with Gasteiger partial charge in [-0.25, -0.2) is 8.42 Å². The number of nitrogens with one attached hydrogen (secondary N) is 1. The Kier molecular flexibility index (Phi) is 6.99. The van der Waals surface area contributed by atoms with Crippen molar-refractivity contribution in [2.45, 2.75) is 44.2 Å². The summed E-state index contributed by atoms with van der Waals surface area (Å²) in [7, 11) is -2.15. The molecule has 0 unspecified atom stereocenters. The van der Waals surface area contributed by atoms with E-state index >= 15 is 0 Å². The minimum atomic E-state index is -3.72. The van der Waals surface area contributed by atoms with Gasteiger partial charge < -0.3 is 14.8 Å². The molecule has 1 aliphatic carbocycles. The molecular formula is C22H28N2O5S. The summed E-state index contributed by atoms with van der Waals surface area (Å²) in [5.41, 5.74) is 1.36. The molecule has 8 heteroatoms. The number of carbonyl (C=O) groups excluding carboxylic acids is 1. The lowest BCUT2D eigenvalue weighted by Crippen LogP contribution is -2.32. The van der Waals surface area contributed by atoms with Gasteiger partial charge in [-0.3, -0.25) is 4.79 Å². The van der Waals surface area contributed by atoms with Crippen LogP contribution < -0.4 is 14.8 Å². The van der Waals surface area contributed by atoms with E-state index in [1.54, 1.807) is 43.4 Å². The summed E-state index contributed by atoms with van der Waals surface area (Å²) in [5.74, 6) is 0.776. The van der Waals surface area contributed by atoms with Crippen molar-refractivity contribution >= 4 is 15.9 Å². The largest absolute Gasteiger partial charge is 0.490 e. The van der Waals surface area contributed by atoms with Gasteiger partial charge in [0.25, 0.3) is 5.91 Å². The van der Waals surface area contributed by atoms with Crippen LogP contribution in [0.4, 0.5) is 0 Å². The fraction of sp³-hybridized carbons (Fsp3) is 0.409. The average Bonchev–Trinajstić information content (AvgIpc) is 3.58. The fourth-order valence-electron chi connectivity index (χ4n) is 3.19. The van der Waals surface area contributed by atoms with Gasteiger partial charge in [-0.15, -0.1) is 0 Å². The molecule has 1 N–H and O–H groups in total. The Morgan fingerprint density at radius 2 is 1.67 bits per heavy atom. The molecule has 0 atom stereocenters. The number of rotatable bonds is 10. The van der Waals surface area contributed by atoms with E-state index in [2.05, 4.69) is 5.32 Å². The number of benzene rings is 2. The molecule has 1 aliphatic rings. The number of hydrogen-bond acceptors (Lipinski definition) is 5. The van der Waals surface area contributed by atoms with Crippen molar-refractivity contribution in [3.05, 3.63) is 53.6 Å². The Morgan fingerprint density at radius 1 is 1.03 bits per heavy atom. The molecule has 0 saturated heterocycles. The van der Waals surface area contributed by atoms with Gasteiger partial charge in [-0.05, 0) is 56.5 Å². The molecule has 1 amide bonds. The maximum absolute atomic E-state index is 13.4. The first kappa shape index (κ1) is 22.1. The predicted molar refractivity (Wildman–Crippen MR) is 114 cm³/mol. The molecule has 7 nitrogen and oxygen atoms in total. The van der Waals surface area contributed by atoms with Crippen LogP contribution in [0.1, 0.15) is 42.6 Å². The number of sulfonamides is 1. The maximum Gasteiger partial charge on any atom is 0.251 e.